The second kappa shape index (κ2) is 11.1. The third kappa shape index (κ3) is 6.33. The number of rotatable bonds is 11. The van der Waals surface area contributed by atoms with E-state index in [2.05, 4.69) is 15.6 Å². The van der Waals surface area contributed by atoms with Gasteiger partial charge < -0.3 is 19.9 Å². The summed E-state index contributed by atoms with van der Waals surface area (Å²) in [5.41, 5.74) is 0.928. The van der Waals surface area contributed by atoms with E-state index < -0.39 is 21.7 Å². The number of anilines is 1. The van der Waals surface area contributed by atoms with E-state index in [9.17, 15) is 17.6 Å². The largest absolute Gasteiger partial charge is 0.497 e. The highest BCUT2D eigenvalue weighted by atomic mass is 32.2. The van der Waals surface area contributed by atoms with Gasteiger partial charge in [0.1, 0.15) is 11.6 Å². The highest BCUT2D eigenvalue weighted by Crippen LogP contribution is 2.23. The number of nitrogens with one attached hydrogen (secondary N) is 2. The second-order valence-corrected chi connectivity index (χ2v) is 9.91. The van der Waals surface area contributed by atoms with Gasteiger partial charge in [-0.1, -0.05) is 6.07 Å². The number of carbonyl (C=O) groups is 1. The molecule has 3 rings (SSSR count). The van der Waals surface area contributed by atoms with Crippen molar-refractivity contribution in [3.05, 3.63) is 72.1 Å². The first kappa shape index (κ1) is 25.2. The predicted octanol–water partition coefficient (Wildman–Crippen LogP) is 2.71. The summed E-state index contributed by atoms with van der Waals surface area (Å²) in [7, 11) is 0.484. The molecular weight excluding hydrogens is 461 g/mol. The minimum absolute atomic E-state index is 0.0405. The Labute approximate surface area is 198 Å². The number of aromatic nitrogens is 2. The number of halogens is 1. The minimum Gasteiger partial charge on any atom is -0.497 e. The Bertz CT molecular complexity index is 1230. The molecule has 1 amide bonds. The molecule has 1 aromatic heterocycles. The van der Waals surface area contributed by atoms with Crippen molar-refractivity contribution in [1.29, 1.82) is 0 Å². The van der Waals surface area contributed by atoms with Crippen LogP contribution in [0.5, 0.6) is 5.75 Å². The summed E-state index contributed by atoms with van der Waals surface area (Å²) in [5.74, 6) is -0.466. The van der Waals surface area contributed by atoms with Crippen LogP contribution >= 0.6 is 0 Å². The van der Waals surface area contributed by atoms with Gasteiger partial charge in [0.25, 0.3) is 5.91 Å². The first-order chi connectivity index (χ1) is 16.2. The Morgan fingerprint density at radius 3 is 2.65 bits per heavy atom. The van der Waals surface area contributed by atoms with Gasteiger partial charge in [0.2, 0.25) is 10.0 Å². The van der Waals surface area contributed by atoms with Gasteiger partial charge in [-0.25, -0.2) is 22.1 Å². The number of hydrogen-bond acceptors (Lipinski definition) is 6. The molecule has 2 N–H and O–H groups in total. The molecule has 0 aliphatic rings. The maximum Gasteiger partial charge on any atom is 0.251 e. The highest BCUT2D eigenvalue weighted by molar-refractivity contribution is 7.89. The summed E-state index contributed by atoms with van der Waals surface area (Å²) in [6.07, 6.45) is 5.89. The van der Waals surface area contributed by atoms with E-state index >= 15 is 0 Å². The monoisotopic (exact) mass is 489 g/mol. The molecule has 182 valence electrons. The Morgan fingerprint density at radius 2 is 2.00 bits per heavy atom. The fourth-order valence-electron chi connectivity index (χ4n) is 3.17. The Balaban J connectivity index is 1.77. The number of nitrogens with zero attached hydrogens (tertiary/aromatic N) is 3. The zero-order chi connectivity index (χ0) is 24.7. The number of aryl methyl sites for hydroxylation is 1. The molecule has 0 saturated heterocycles. The molecule has 0 spiro atoms. The van der Waals surface area contributed by atoms with Crippen molar-refractivity contribution >= 4 is 21.6 Å². The van der Waals surface area contributed by atoms with Gasteiger partial charge in [0.15, 0.2) is 0 Å². The van der Waals surface area contributed by atoms with Crippen molar-refractivity contribution in [2.75, 3.05) is 33.1 Å². The topological polar surface area (TPSA) is 106 Å². The van der Waals surface area contributed by atoms with Crippen LogP contribution in [0.2, 0.25) is 0 Å². The van der Waals surface area contributed by atoms with Crippen LogP contribution in [0.1, 0.15) is 22.3 Å². The van der Waals surface area contributed by atoms with E-state index in [1.807, 2.05) is 10.8 Å². The summed E-state index contributed by atoms with van der Waals surface area (Å²) < 4.78 is 47.8. The van der Waals surface area contributed by atoms with Crippen LogP contribution in [0, 0.1) is 5.82 Å². The van der Waals surface area contributed by atoms with Crippen LogP contribution in [0.4, 0.5) is 10.1 Å². The van der Waals surface area contributed by atoms with E-state index in [1.54, 1.807) is 30.7 Å². The number of ether oxygens (including phenoxy) is 1. The molecule has 34 heavy (non-hydrogen) atoms. The molecule has 3 aromatic rings. The molecule has 0 aliphatic carbocycles. The Morgan fingerprint density at radius 1 is 1.21 bits per heavy atom. The molecule has 0 radical (unpaired) electrons. The van der Waals surface area contributed by atoms with Crippen molar-refractivity contribution in [3.8, 4) is 5.75 Å². The molecule has 0 aliphatic heterocycles. The molecular formula is C23H28FN5O4S. The quantitative estimate of drug-likeness (QED) is 0.401. The molecule has 9 nitrogen and oxygen atoms in total. The highest BCUT2D eigenvalue weighted by Gasteiger charge is 2.20. The molecule has 0 saturated carbocycles. The average Bonchev–Trinajstić information content (AvgIpc) is 3.34. The summed E-state index contributed by atoms with van der Waals surface area (Å²) >= 11 is 0. The predicted molar refractivity (Wildman–Crippen MR) is 127 cm³/mol. The van der Waals surface area contributed by atoms with Crippen LogP contribution in [-0.4, -0.2) is 55.9 Å². The normalized spacial score (nSPS) is 11.4. The zero-order valence-electron chi connectivity index (χ0n) is 19.3. The number of carbonyl (C=O) groups excluding carboxylic acids is 1. The van der Waals surface area contributed by atoms with Gasteiger partial charge >= 0.3 is 0 Å². The Kier molecular flexibility index (Phi) is 8.24. The first-order valence-corrected chi connectivity index (χ1v) is 12.0. The SMILES string of the molecule is COc1ccc(CNc2cc(C(=O)NCCCn3ccnc3)cc(S(=O)(=O)N(C)C)c2)c(F)c1. The minimum atomic E-state index is -3.80. The third-order valence-corrected chi connectivity index (χ3v) is 6.92. The van der Waals surface area contributed by atoms with Gasteiger partial charge in [-0.3, -0.25) is 4.79 Å². The summed E-state index contributed by atoms with van der Waals surface area (Å²) in [4.78, 5) is 16.7. The fraction of sp³-hybridized carbons (Fsp3) is 0.304. The number of hydrogen-bond donors (Lipinski definition) is 2. The van der Waals surface area contributed by atoms with Gasteiger partial charge in [-0.05, 0) is 30.7 Å². The maximum atomic E-state index is 14.3. The van der Waals surface area contributed by atoms with Crippen LogP contribution < -0.4 is 15.4 Å². The van der Waals surface area contributed by atoms with Crippen molar-refractivity contribution in [2.24, 2.45) is 0 Å². The number of imidazole rings is 1. The zero-order valence-corrected chi connectivity index (χ0v) is 20.1. The molecule has 0 atom stereocenters. The van der Waals surface area contributed by atoms with Crippen molar-refractivity contribution in [2.45, 2.75) is 24.4 Å². The maximum absolute atomic E-state index is 14.3. The average molecular weight is 490 g/mol. The van der Waals surface area contributed by atoms with E-state index in [4.69, 9.17) is 4.74 Å². The molecule has 0 unspecified atom stereocenters. The lowest BCUT2D eigenvalue weighted by Gasteiger charge is -2.16. The fourth-order valence-corrected chi connectivity index (χ4v) is 4.15. The third-order valence-electron chi connectivity index (χ3n) is 5.13. The summed E-state index contributed by atoms with van der Waals surface area (Å²) in [6.45, 7) is 1.18. The molecule has 0 bridgehead atoms. The molecule has 11 heteroatoms. The summed E-state index contributed by atoms with van der Waals surface area (Å²) in [5, 5.41) is 5.83. The first-order valence-electron chi connectivity index (χ1n) is 10.6. The Hall–Kier alpha value is -3.44. The number of amides is 1. The van der Waals surface area contributed by atoms with Gasteiger partial charge in [0, 0.05) is 69.0 Å². The van der Waals surface area contributed by atoms with Gasteiger partial charge in [-0.2, -0.15) is 0 Å². The van der Waals surface area contributed by atoms with Gasteiger partial charge in [0.05, 0.1) is 18.3 Å². The van der Waals surface area contributed by atoms with E-state index in [0.717, 1.165) is 4.31 Å². The van der Waals surface area contributed by atoms with Crippen molar-refractivity contribution in [1.82, 2.24) is 19.2 Å². The number of methoxy groups -OCH3 is 1. The van der Waals surface area contributed by atoms with Crippen molar-refractivity contribution < 1.29 is 22.3 Å². The van der Waals surface area contributed by atoms with E-state index in [-0.39, 0.29) is 17.0 Å². The lowest BCUT2D eigenvalue weighted by molar-refractivity contribution is 0.0952. The van der Waals surface area contributed by atoms with Gasteiger partial charge in [-0.15, -0.1) is 0 Å². The molecule has 1 heterocycles. The summed E-state index contributed by atoms with van der Waals surface area (Å²) in [6, 6.07) is 8.78. The van der Waals surface area contributed by atoms with E-state index in [0.29, 0.717) is 36.5 Å². The van der Waals surface area contributed by atoms with Crippen LogP contribution in [-0.2, 0) is 23.1 Å². The number of sulfonamides is 1. The molecule has 2 aromatic carbocycles. The van der Waals surface area contributed by atoms with Crippen LogP contribution in [0.15, 0.2) is 60.0 Å². The molecule has 0 fully saturated rings. The lowest BCUT2D eigenvalue weighted by atomic mass is 10.1. The van der Waals surface area contributed by atoms with Crippen molar-refractivity contribution in [3.63, 3.8) is 0 Å². The van der Waals surface area contributed by atoms with Crippen LogP contribution in [0.25, 0.3) is 0 Å². The standard InChI is InChI=1S/C23H28FN5O4S/c1-28(2)34(31,32)21-12-18(23(30)26-7-4-9-29-10-8-25-16-29)11-19(13-21)27-15-17-5-6-20(33-3)14-22(17)24/h5-6,8,10-14,16,27H,4,7,9,15H2,1-3H3,(H,26,30). The second-order valence-electron chi connectivity index (χ2n) is 7.75. The van der Waals surface area contributed by atoms with E-state index in [1.165, 1.54) is 39.4 Å². The number of benzene rings is 2. The lowest BCUT2D eigenvalue weighted by Crippen LogP contribution is -2.26. The smallest absolute Gasteiger partial charge is 0.251 e. The van der Waals surface area contributed by atoms with Crippen LogP contribution in [0.3, 0.4) is 0 Å².